The topological polar surface area (TPSA) is 55.5 Å². The zero-order valence-corrected chi connectivity index (χ0v) is 15.3. The standard InChI is InChI=1S/C21H17F6NO2/c22-18(20(23,24)21(25,26)27)17-3-1-2-12-19(17,13-4-8-15(29)9-5-13)30-16-10-6-14(28)7-11-16/h1-12,17-18,29H,28H2. The van der Waals surface area contributed by atoms with Crippen molar-refractivity contribution in [1.29, 1.82) is 0 Å². The van der Waals surface area contributed by atoms with E-state index in [1.165, 1.54) is 66.8 Å². The zero-order valence-electron chi connectivity index (χ0n) is 15.3. The molecule has 0 aromatic heterocycles. The normalized spacial score (nSPS) is 22.7. The highest BCUT2D eigenvalue weighted by Gasteiger charge is 2.67. The van der Waals surface area contributed by atoms with Crippen LogP contribution in [0.3, 0.4) is 0 Å². The van der Waals surface area contributed by atoms with Crippen molar-refractivity contribution in [2.75, 3.05) is 5.73 Å². The van der Waals surface area contributed by atoms with Crippen molar-refractivity contribution < 1.29 is 36.2 Å². The van der Waals surface area contributed by atoms with Crippen molar-refractivity contribution in [1.82, 2.24) is 0 Å². The van der Waals surface area contributed by atoms with Crippen LogP contribution in [-0.2, 0) is 5.60 Å². The molecular formula is C21H17F6NO2. The van der Waals surface area contributed by atoms with Gasteiger partial charge in [0, 0.05) is 11.3 Å². The monoisotopic (exact) mass is 429 g/mol. The molecule has 1 aliphatic rings. The van der Waals surface area contributed by atoms with Crippen LogP contribution < -0.4 is 10.5 Å². The average Bonchev–Trinajstić information content (AvgIpc) is 2.69. The number of rotatable bonds is 5. The molecule has 0 heterocycles. The number of aromatic hydroxyl groups is 1. The van der Waals surface area contributed by atoms with E-state index in [4.69, 9.17) is 10.5 Å². The van der Waals surface area contributed by atoms with Gasteiger partial charge in [-0.05, 0) is 42.5 Å². The van der Waals surface area contributed by atoms with E-state index in [9.17, 15) is 31.4 Å². The maximum Gasteiger partial charge on any atom is 0.456 e. The SMILES string of the molecule is Nc1ccc(OC2(c3ccc(O)cc3)C=CC=CC2C(F)C(F)(F)C(F)(F)F)cc1. The molecule has 3 N–H and O–H groups in total. The van der Waals surface area contributed by atoms with Gasteiger partial charge in [-0.2, -0.15) is 22.0 Å². The minimum atomic E-state index is -6.09. The number of anilines is 1. The fraction of sp³-hybridized carbons (Fsp3) is 0.238. The lowest BCUT2D eigenvalue weighted by molar-refractivity contribution is -0.311. The second-order valence-electron chi connectivity index (χ2n) is 6.80. The Balaban J connectivity index is 2.15. The Morgan fingerprint density at radius 3 is 2.10 bits per heavy atom. The lowest BCUT2D eigenvalue weighted by Crippen LogP contribution is -2.54. The van der Waals surface area contributed by atoms with Crippen LogP contribution in [0.2, 0.25) is 0 Å². The van der Waals surface area contributed by atoms with E-state index >= 15 is 0 Å². The summed E-state index contributed by atoms with van der Waals surface area (Å²) in [7, 11) is 0. The summed E-state index contributed by atoms with van der Waals surface area (Å²) in [4.78, 5) is 0. The molecule has 0 bridgehead atoms. The van der Waals surface area contributed by atoms with Crippen LogP contribution >= 0.6 is 0 Å². The van der Waals surface area contributed by atoms with Gasteiger partial charge in [0.1, 0.15) is 11.5 Å². The molecule has 0 fully saturated rings. The predicted molar refractivity (Wildman–Crippen MR) is 98.9 cm³/mol. The lowest BCUT2D eigenvalue weighted by atomic mass is 9.74. The third-order valence-electron chi connectivity index (χ3n) is 4.79. The van der Waals surface area contributed by atoms with Gasteiger partial charge < -0.3 is 15.6 Å². The summed E-state index contributed by atoms with van der Waals surface area (Å²) in [6, 6.07) is 10.6. The number of allylic oxidation sites excluding steroid dienone is 2. The number of hydrogen-bond donors (Lipinski definition) is 2. The molecule has 160 valence electrons. The summed E-state index contributed by atoms with van der Waals surface area (Å²) in [6.07, 6.45) is -5.09. The molecule has 3 nitrogen and oxygen atoms in total. The van der Waals surface area contributed by atoms with Crippen molar-refractivity contribution in [2.24, 2.45) is 5.92 Å². The van der Waals surface area contributed by atoms with Crippen molar-refractivity contribution in [2.45, 2.75) is 23.9 Å². The number of halogens is 6. The molecule has 0 radical (unpaired) electrons. The number of phenolic OH excluding ortho intramolecular Hbond substituents is 1. The number of alkyl halides is 6. The second-order valence-corrected chi connectivity index (χ2v) is 6.80. The number of ether oxygens (including phenoxy) is 1. The molecule has 30 heavy (non-hydrogen) atoms. The fourth-order valence-corrected chi connectivity index (χ4v) is 3.24. The van der Waals surface area contributed by atoms with Gasteiger partial charge >= 0.3 is 12.1 Å². The quantitative estimate of drug-likeness (QED) is 0.486. The Morgan fingerprint density at radius 2 is 1.53 bits per heavy atom. The minimum Gasteiger partial charge on any atom is -0.508 e. The third-order valence-corrected chi connectivity index (χ3v) is 4.79. The summed E-state index contributed by atoms with van der Waals surface area (Å²) in [5, 5.41) is 9.54. The molecule has 3 atom stereocenters. The molecule has 2 aromatic rings. The van der Waals surface area contributed by atoms with Crippen LogP contribution in [0.25, 0.3) is 0 Å². The smallest absolute Gasteiger partial charge is 0.456 e. The Bertz CT molecular complexity index is 937. The highest BCUT2D eigenvalue weighted by molar-refractivity contribution is 5.44. The van der Waals surface area contributed by atoms with Crippen molar-refractivity contribution in [3.8, 4) is 11.5 Å². The molecule has 3 rings (SSSR count). The highest BCUT2D eigenvalue weighted by Crippen LogP contribution is 2.49. The Morgan fingerprint density at radius 1 is 0.933 bits per heavy atom. The van der Waals surface area contributed by atoms with E-state index in [0.717, 1.165) is 6.08 Å². The number of nitrogen functional groups attached to an aromatic ring is 1. The van der Waals surface area contributed by atoms with Crippen molar-refractivity contribution >= 4 is 5.69 Å². The van der Waals surface area contributed by atoms with Gasteiger partial charge in [0.15, 0.2) is 11.8 Å². The summed E-state index contributed by atoms with van der Waals surface area (Å²) in [5.74, 6) is -7.77. The first kappa shape index (κ1) is 21.6. The van der Waals surface area contributed by atoms with Crippen LogP contribution in [0.15, 0.2) is 72.8 Å². The first-order valence-corrected chi connectivity index (χ1v) is 8.76. The molecule has 0 amide bonds. The van der Waals surface area contributed by atoms with Gasteiger partial charge in [0.05, 0.1) is 5.92 Å². The van der Waals surface area contributed by atoms with E-state index < -0.39 is 29.8 Å². The van der Waals surface area contributed by atoms with E-state index in [1.807, 2.05) is 0 Å². The summed E-state index contributed by atoms with van der Waals surface area (Å²) >= 11 is 0. The maximum atomic E-state index is 14.9. The Labute approximate surface area is 168 Å². The van der Waals surface area contributed by atoms with E-state index in [1.54, 1.807) is 0 Å². The number of hydrogen-bond acceptors (Lipinski definition) is 3. The van der Waals surface area contributed by atoms with Gasteiger partial charge in [0.25, 0.3) is 0 Å². The van der Waals surface area contributed by atoms with Crippen LogP contribution in [-0.4, -0.2) is 23.4 Å². The first-order chi connectivity index (χ1) is 14.0. The van der Waals surface area contributed by atoms with Gasteiger partial charge in [-0.25, -0.2) is 4.39 Å². The molecule has 0 aliphatic heterocycles. The molecular weight excluding hydrogens is 412 g/mol. The third kappa shape index (κ3) is 3.83. The fourth-order valence-electron chi connectivity index (χ4n) is 3.24. The average molecular weight is 429 g/mol. The second kappa shape index (κ2) is 7.62. The van der Waals surface area contributed by atoms with Crippen LogP contribution in [0, 0.1) is 5.92 Å². The summed E-state index contributed by atoms with van der Waals surface area (Å²) in [6.45, 7) is 0. The number of benzene rings is 2. The molecule has 0 saturated heterocycles. The van der Waals surface area contributed by atoms with Crippen LogP contribution in [0.4, 0.5) is 32.0 Å². The summed E-state index contributed by atoms with van der Waals surface area (Å²) in [5.41, 5.74) is 4.00. The molecule has 9 heteroatoms. The summed E-state index contributed by atoms with van der Waals surface area (Å²) < 4.78 is 87.3. The molecule has 0 saturated carbocycles. The van der Waals surface area contributed by atoms with E-state index in [0.29, 0.717) is 5.69 Å². The minimum absolute atomic E-state index is 0.0725. The van der Waals surface area contributed by atoms with Gasteiger partial charge in [-0.15, -0.1) is 0 Å². The molecule has 1 aliphatic carbocycles. The van der Waals surface area contributed by atoms with Crippen LogP contribution in [0.5, 0.6) is 11.5 Å². The largest absolute Gasteiger partial charge is 0.508 e. The predicted octanol–water partition coefficient (Wildman–Crippen LogP) is 5.53. The van der Waals surface area contributed by atoms with Crippen molar-refractivity contribution in [3.63, 3.8) is 0 Å². The maximum absolute atomic E-state index is 14.9. The number of phenols is 1. The Kier molecular flexibility index (Phi) is 5.49. The molecule has 3 unspecified atom stereocenters. The van der Waals surface area contributed by atoms with E-state index in [-0.39, 0.29) is 17.1 Å². The van der Waals surface area contributed by atoms with Crippen molar-refractivity contribution in [3.05, 3.63) is 78.4 Å². The van der Waals surface area contributed by atoms with Crippen LogP contribution in [0.1, 0.15) is 5.56 Å². The van der Waals surface area contributed by atoms with Gasteiger partial charge in [-0.1, -0.05) is 30.4 Å². The highest BCUT2D eigenvalue weighted by atomic mass is 19.4. The van der Waals surface area contributed by atoms with Gasteiger partial charge in [0.2, 0.25) is 0 Å². The zero-order chi connectivity index (χ0) is 22.2. The Hall–Kier alpha value is -3.10. The lowest BCUT2D eigenvalue weighted by Gasteiger charge is -2.42. The molecule has 2 aromatic carbocycles. The molecule has 0 spiro atoms. The van der Waals surface area contributed by atoms with Gasteiger partial charge in [-0.3, -0.25) is 0 Å². The first-order valence-electron chi connectivity index (χ1n) is 8.76. The number of nitrogens with two attached hydrogens (primary N) is 1. The van der Waals surface area contributed by atoms with E-state index in [2.05, 4.69) is 0 Å².